The quantitative estimate of drug-likeness (QED) is 0.574. The first-order valence-electron chi connectivity index (χ1n) is 3.05. The molecule has 3 heteroatoms. The highest BCUT2D eigenvalue weighted by Crippen LogP contribution is 2.13. The van der Waals surface area contributed by atoms with Gasteiger partial charge in [-0.1, -0.05) is 25.3 Å². The monoisotopic (exact) mass is 149 g/mol. The van der Waals surface area contributed by atoms with Crippen molar-refractivity contribution in [3.63, 3.8) is 0 Å². The second kappa shape index (κ2) is 2.54. The van der Waals surface area contributed by atoms with Crippen molar-refractivity contribution in [3.8, 4) is 0 Å². The van der Waals surface area contributed by atoms with Crippen molar-refractivity contribution in [2.24, 2.45) is 0 Å². The van der Waals surface area contributed by atoms with Crippen LogP contribution >= 0.6 is 0 Å². The maximum absolute atomic E-state index is 10.9. The standard InChI is InChI=1S/C8H7NO2/c1-3-5-6(4-2)8(11)9-7(5)10/h3-4H,1-2H2,(H,9,10,11). The topological polar surface area (TPSA) is 46.2 Å². The van der Waals surface area contributed by atoms with E-state index in [9.17, 15) is 9.59 Å². The van der Waals surface area contributed by atoms with Crippen LogP contribution in [0.2, 0.25) is 0 Å². The lowest BCUT2D eigenvalue weighted by molar-refractivity contribution is -0.123. The number of rotatable bonds is 2. The molecule has 1 rings (SSSR count). The number of carbonyl (C=O) groups excluding carboxylic acids is 2. The molecule has 0 saturated heterocycles. The number of amides is 2. The number of carbonyl (C=O) groups is 2. The second-order valence-electron chi connectivity index (χ2n) is 2.02. The smallest absolute Gasteiger partial charge is 0.258 e. The van der Waals surface area contributed by atoms with Gasteiger partial charge in [-0.15, -0.1) is 0 Å². The van der Waals surface area contributed by atoms with Crippen LogP contribution in [0.1, 0.15) is 0 Å². The van der Waals surface area contributed by atoms with Gasteiger partial charge in [-0.3, -0.25) is 14.9 Å². The molecule has 0 aromatic carbocycles. The van der Waals surface area contributed by atoms with Crippen molar-refractivity contribution < 1.29 is 9.59 Å². The van der Waals surface area contributed by atoms with Gasteiger partial charge >= 0.3 is 0 Å². The van der Waals surface area contributed by atoms with E-state index < -0.39 is 11.8 Å². The maximum atomic E-state index is 10.9. The zero-order chi connectivity index (χ0) is 8.43. The van der Waals surface area contributed by atoms with Crippen LogP contribution in [0.15, 0.2) is 36.5 Å². The molecule has 0 radical (unpaired) electrons. The molecule has 11 heavy (non-hydrogen) atoms. The SMILES string of the molecule is C=CC1=C(C=C)C(=O)NC1=O. The molecule has 0 aliphatic carbocycles. The van der Waals surface area contributed by atoms with Gasteiger partial charge in [0.05, 0.1) is 11.1 Å². The Kier molecular flexibility index (Phi) is 1.72. The summed E-state index contributed by atoms with van der Waals surface area (Å²) in [5, 5.41) is 2.12. The van der Waals surface area contributed by atoms with Gasteiger partial charge in [-0.25, -0.2) is 0 Å². The van der Waals surface area contributed by atoms with Crippen molar-refractivity contribution in [2.45, 2.75) is 0 Å². The summed E-state index contributed by atoms with van der Waals surface area (Å²) >= 11 is 0. The lowest BCUT2D eigenvalue weighted by Gasteiger charge is -1.86. The Hall–Kier alpha value is -1.64. The summed E-state index contributed by atoms with van der Waals surface area (Å²) in [6.07, 6.45) is 2.69. The fourth-order valence-electron chi connectivity index (χ4n) is 0.888. The van der Waals surface area contributed by atoms with Gasteiger partial charge in [0.25, 0.3) is 11.8 Å². The Labute approximate surface area is 64.1 Å². The molecule has 1 N–H and O–H groups in total. The van der Waals surface area contributed by atoms with Gasteiger partial charge in [0.1, 0.15) is 0 Å². The van der Waals surface area contributed by atoms with E-state index in [0.29, 0.717) is 11.1 Å². The lowest BCUT2D eigenvalue weighted by Crippen LogP contribution is -2.22. The third-order valence-electron chi connectivity index (χ3n) is 1.41. The van der Waals surface area contributed by atoms with E-state index in [4.69, 9.17) is 0 Å². The number of imide groups is 1. The Bertz CT molecular complexity index is 258. The van der Waals surface area contributed by atoms with Crippen molar-refractivity contribution >= 4 is 11.8 Å². The molecule has 0 unspecified atom stereocenters. The summed E-state index contributed by atoms with van der Waals surface area (Å²) in [4.78, 5) is 21.8. The Balaban J connectivity index is 3.22. The van der Waals surface area contributed by atoms with Gasteiger partial charge in [-0.2, -0.15) is 0 Å². The first kappa shape index (κ1) is 7.47. The molecule has 1 heterocycles. The van der Waals surface area contributed by atoms with E-state index >= 15 is 0 Å². The van der Waals surface area contributed by atoms with Crippen molar-refractivity contribution in [3.05, 3.63) is 36.5 Å². The summed E-state index contributed by atoms with van der Waals surface area (Å²) in [5.41, 5.74) is 0.593. The first-order valence-corrected chi connectivity index (χ1v) is 3.05. The van der Waals surface area contributed by atoms with E-state index in [1.807, 2.05) is 0 Å². The van der Waals surface area contributed by atoms with Crippen LogP contribution < -0.4 is 5.32 Å². The zero-order valence-electron chi connectivity index (χ0n) is 5.89. The average Bonchev–Trinajstić information content (AvgIpc) is 2.24. The van der Waals surface area contributed by atoms with Gasteiger partial charge in [0.15, 0.2) is 0 Å². The first-order chi connectivity index (χ1) is 5.20. The minimum atomic E-state index is -0.403. The number of nitrogens with one attached hydrogen (secondary N) is 1. The lowest BCUT2D eigenvalue weighted by atomic mass is 10.1. The molecule has 3 nitrogen and oxygen atoms in total. The largest absolute Gasteiger partial charge is 0.288 e. The predicted octanol–water partition coefficient (Wildman–Crippen LogP) is 0.311. The van der Waals surface area contributed by atoms with Crippen LogP contribution in [0, 0.1) is 0 Å². The molecule has 0 aromatic rings. The van der Waals surface area contributed by atoms with E-state index in [1.54, 1.807) is 0 Å². The summed E-state index contributed by atoms with van der Waals surface area (Å²) in [7, 11) is 0. The second-order valence-corrected chi connectivity index (χ2v) is 2.02. The van der Waals surface area contributed by atoms with E-state index in [2.05, 4.69) is 18.5 Å². The molecule has 1 aliphatic rings. The highest BCUT2D eigenvalue weighted by atomic mass is 16.2. The van der Waals surface area contributed by atoms with E-state index in [-0.39, 0.29) is 0 Å². The molecule has 0 spiro atoms. The maximum Gasteiger partial charge on any atom is 0.258 e. The molecule has 0 atom stereocenters. The molecular formula is C8H7NO2. The Morgan fingerprint density at radius 2 is 1.36 bits per heavy atom. The third-order valence-corrected chi connectivity index (χ3v) is 1.41. The molecule has 0 saturated carbocycles. The van der Waals surface area contributed by atoms with Crippen LogP contribution in [0.3, 0.4) is 0 Å². The average molecular weight is 149 g/mol. The van der Waals surface area contributed by atoms with Crippen molar-refractivity contribution in [1.29, 1.82) is 0 Å². The van der Waals surface area contributed by atoms with Crippen LogP contribution in [0.4, 0.5) is 0 Å². The highest BCUT2D eigenvalue weighted by molar-refractivity contribution is 6.21. The molecular weight excluding hydrogens is 142 g/mol. The van der Waals surface area contributed by atoms with E-state index in [1.165, 1.54) is 12.2 Å². The molecule has 1 aliphatic heterocycles. The predicted molar refractivity (Wildman–Crippen MR) is 40.6 cm³/mol. The Morgan fingerprint density at radius 3 is 1.64 bits per heavy atom. The van der Waals surface area contributed by atoms with Crippen LogP contribution in [-0.2, 0) is 9.59 Å². The van der Waals surface area contributed by atoms with Crippen molar-refractivity contribution in [2.75, 3.05) is 0 Å². The molecule has 0 bridgehead atoms. The fourth-order valence-corrected chi connectivity index (χ4v) is 0.888. The van der Waals surface area contributed by atoms with Gasteiger partial charge in [0, 0.05) is 0 Å². The van der Waals surface area contributed by atoms with E-state index in [0.717, 1.165) is 0 Å². The molecule has 0 fully saturated rings. The minimum Gasteiger partial charge on any atom is -0.288 e. The third kappa shape index (κ3) is 1.00. The van der Waals surface area contributed by atoms with Crippen LogP contribution in [-0.4, -0.2) is 11.8 Å². The Morgan fingerprint density at radius 1 is 1.00 bits per heavy atom. The summed E-state index contributed by atoms with van der Waals surface area (Å²) in [6, 6.07) is 0. The van der Waals surface area contributed by atoms with Gasteiger partial charge < -0.3 is 0 Å². The number of hydrogen-bond acceptors (Lipinski definition) is 2. The van der Waals surface area contributed by atoms with Gasteiger partial charge in [0.2, 0.25) is 0 Å². The number of hydrogen-bond donors (Lipinski definition) is 1. The highest BCUT2D eigenvalue weighted by Gasteiger charge is 2.25. The molecule has 0 aromatic heterocycles. The fraction of sp³-hybridized carbons (Fsp3) is 0. The zero-order valence-corrected chi connectivity index (χ0v) is 5.89. The van der Waals surface area contributed by atoms with Crippen molar-refractivity contribution in [1.82, 2.24) is 5.32 Å². The summed E-state index contributed by atoms with van der Waals surface area (Å²) in [5.74, 6) is -0.806. The minimum absolute atomic E-state index is 0.296. The molecule has 2 amide bonds. The van der Waals surface area contributed by atoms with Gasteiger partial charge in [-0.05, 0) is 0 Å². The normalized spacial score (nSPS) is 16.7. The molecule has 56 valence electrons. The summed E-state index contributed by atoms with van der Waals surface area (Å²) < 4.78 is 0. The van der Waals surface area contributed by atoms with Crippen LogP contribution in [0.5, 0.6) is 0 Å². The van der Waals surface area contributed by atoms with Crippen LogP contribution in [0.25, 0.3) is 0 Å². The summed E-state index contributed by atoms with van der Waals surface area (Å²) in [6.45, 7) is 6.81.